The van der Waals surface area contributed by atoms with Gasteiger partial charge >= 0.3 is 5.97 Å². The van der Waals surface area contributed by atoms with Crippen molar-refractivity contribution >= 4 is 17.7 Å². The molecule has 1 unspecified atom stereocenters. The number of aromatic nitrogens is 2. The number of rotatable bonds is 6. The quantitative estimate of drug-likeness (QED) is 0.729. The van der Waals surface area contributed by atoms with E-state index in [4.69, 9.17) is 5.11 Å². The van der Waals surface area contributed by atoms with E-state index in [0.717, 1.165) is 5.16 Å². The molecule has 16 heavy (non-hydrogen) atoms. The van der Waals surface area contributed by atoms with Crippen LogP contribution in [0.15, 0.2) is 17.6 Å². The average molecular weight is 243 g/mol. The highest BCUT2D eigenvalue weighted by Gasteiger charge is 2.18. The number of carboxylic acid groups (broad SMARTS) is 1. The standard InChI is InChI=1S/C10H17N3O2S/c1-7(2)12-8(9(14)15)6-16-10-11-4-5-13(10)3/h4-5,7-8,12H,6H2,1-3H3,(H,14,15). The predicted molar refractivity (Wildman–Crippen MR) is 63.6 cm³/mol. The van der Waals surface area contributed by atoms with Crippen LogP contribution in [0.25, 0.3) is 0 Å². The second kappa shape index (κ2) is 5.91. The van der Waals surface area contributed by atoms with E-state index in [9.17, 15) is 4.79 Å². The van der Waals surface area contributed by atoms with E-state index in [1.807, 2.05) is 31.7 Å². The molecule has 0 aromatic carbocycles. The first-order chi connectivity index (χ1) is 7.50. The van der Waals surface area contributed by atoms with Crippen molar-refractivity contribution in [3.63, 3.8) is 0 Å². The van der Waals surface area contributed by atoms with Crippen LogP contribution in [0, 0.1) is 0 Å². The molecule has 5 nitrogen and oxygen atoms in total. The molecule has 0 bridgehead atoms. The van der Waals surface area contributed by atoms with E-state index in [0.29, 0.717) is 5.75 Å². The number of hydrogen-bond acceptors (Lipinski definition) is 4. The summed E-state index contributed by atoms with van der Waals surface area (Å²) in [6.07, 6.45) is 3.54. The Kier molecular flexibility index (Phi) is 4.82. The summed E-state index contributed by atoms with van der Waals surface area (Å²) in [5.74, 6) is -0.353. The lowest BCUT2D eigenvalue weighted by atomic mass is 10.3. The van der Waals surface area contributed by atoms with Crippen LogP contribution in [0.2, 0.25) is 0 Å². The minimum absolute atomic E-state index is 0.156. The third-order valence-corrected chi connectivity index (χ3v) is 3.14. The molecular formula is C10H17N3O2S. The van der Waals surface area contributed by atoms with E-state index < -0.39 is 12.0 Å². The number of aliphatic carboxylic acids is 1. The Morgan fingerprint density at radius 3 is 2.81 bits per heavy atom. The van der Waals surface area contributed by atoms with Gasteiger partial charge in [0, 0.05) is 31.2 Å². The molecule has 90 valence electrons. The van der Waals surface area contributed by atoms with Crippen LogP contribution >= 0.6 is 11.8 Å². The Labute approximate surface area is 99.3 Å². The summed E-state index contributed by atoms with van der Waals surface area (Å²) in [6.45, 7) is 3.86. The topological polar surface area (TPSA) is 67.2 Å². The summed E-state index contributed by atoms with van der Waals surface area (Å²) in [7, 11) is 1.89. The molecule has 6 heteroatoms. The zero-order chi connectivity index (χ0) is 12.1. The Bertz CT molecular complexity index is 352. The van der Waals surface area contributed by atoms with Crippen LogP contribution in [0.3, 0.4) is 0 Å². The SMILES string of the molecule is CC(C)NC(CSc1nccn1C)C(=O)O. The van der Waals surface area contributed by atoms with E-state index in [1.165, 1.54) is 11.8 Å². The molecule has 1 rings (SSSR count). The summed E-state index contributed by atoms with van der Waals surface area (Å²) in [6, 6.07) is -0.384. The molecular weight excluding hydrogens is 226 g/mol. The van der Waals surface area contributed by atoms with Crippen molar-refractivity contribution in [2.24, 2.45) is 7.05 Å². The molecule has 0 saturated heterocycles. The number of carboxylic acids is 1. The lowest BCUT2D eigenvalue weighted by molar-refractivity contribution is -0.139. The summed E-state index contributed by atoms with van der Waals surface area (Å²) in [5, 5.41) is 12.9. The van der Waals surface area contributed by atoms with Gasteiger partial charge in [-0.1, -0.05) is 25.6 Å². The number of hydrogen-bond donors (Lipinski definition) is 2. The van der Waals surface area contributed by atoms with Crippen molar-refractivity contribution in [1.82, 2.24) is 14.9 Å². The van der Waals surface area contributed by atoms with Gasteiger partial charge in [0.2, 0.25) is 0 Å². The average Bonchev–Trinajstić information content (AvgIpc) is 2.57. The van der Waals surface area contributed by atoms with Gasteiger partial charge in [-0.05, 0) is 0 Å². The summed E-state index contributed by atoms with van der Waals surface area (Å²) in [5.41, 5.74) is 0. The Hall–Kier alpha value is -1.01. The molecule has 0 amide bonds. The van der Waals surface area contributed by atoms with E-state index in [2.05, 4.69) is 10.3 Å². The van der Waals surface area contributed by atoms with Gasteiger partial charge in [-0.3, -0.25) is 4.79 Å². The van der Waals surface area contributed by atoms with Crippen molar-refractivity contribution in [2.75, 3.05) is 5.75 Å². The fraction of sp³-hybridized carbons (Fsp3) is 0.600. The van der Waals surface area contributed by atoms with Crippen LogP contribution in [0.4, 0.5) is 0 Å². The minimum Gasteiger partial charge on any atom is -0.480 e. The summed E-state index contributed by atoms with van der Waals surface area (Å²) >= 11 is 1.44. The molecule has 0 aliphatic heterocycles. The Morgan fingerprint density at radius 1 is 1.69 bits per heavy atom. The molecule has 0 radical (unpaired) electrons. The normalized spacial score (nSPS) is 13.0. The van der Waals surface area contributed by atoms with Crippen LogP contribution < -0.4 is 5.32 Å². The zero-order valence-corrected chi connectivity index (χ0v) is 10.5. The van der Waals surface area contributed by atoms with Gasteiger partial charge in [0.05, 0.1) is 0 Å². The van der Waals surface area contributed by atoms with Crippen molar-refractivity contribution in [3.05, 3.63) is 12.4 Å². The molecule has 1 atom stereocenters. The number of aryl methyl sites for hydroxylation is 1. The molecule has 2 N–H and O–H groups in total. The number of nitrogens with zero attached hydrogens (tertiary/aromatic N) is 2. The monoisotopic (exact) mass is 243 g/mol. The van der Waals surface area contributed by atoms with E-state index in [-0.39, 0.29) is 6.04 Å². The number of thioether (sulfide) groups is 1. The Balaban J connectivity index is 2.50. The van der Waals surface area contributed by atoms with Crippen molar-refractivity contribution < 1.29 is 9.90 Å². The first kappa shape index (κ1) is 13.1. The lowest BCUT2D eigenvalue weighted by Crippen LogP contribution is -2.42. The second-order valence-electron chi connectivity index (χ2n) is 3.84. The summed E-state index contributed by atoms with van der Waals surface area (Å²) < 4.78 is 1.87. The van der Waals surface area contributed by atoms with Gasteiger partial charge in [-0.2, -0.15) is 0 Å². The summed E-state index contributed by atoms with van der Waals surface area (Å²) in [4.78, 5) is 15.1. The highest BCUT2D eigenvalue weighted by Crippen LogP contribution is 2.15. The number of carbonyl (C=O) groups is 1. The van der Waals surface area contributed by atoms with Crippen LogP contribution in [0.5, 0.6) is 0 Å². The van der Waals surface area contributed by atoms with Gasteiger partial charge in [0.1, 0.15) is 6.04 Å². The first-order valence-corrected chi connectivity index (χ1v) is 6.08. The van der Waals surface area contributed by atoms with Gasteiger partial charge < -0.3 is 15.0 Å². The molecule has 1 aromatic heterocycles. The fourth-order valence-electron chi connectivity index (χ4n) is 1.24. The van der Waals surface area contributed by atoms with Crippen molar-refractivity contribution in [1.29, 1.82) is 0 Å². The smallest absolute Gasteiger partial charge is 0.321 e. The van der Waals surface area contributed by atoms with Gasteiger partial charge in [0.25, 0.3) is 0 Å². The maximum Gasteiger partial charge on any atom is 0.321 e. The van der Waals surface area contributed by atoms with Gasteiger partial charge in [-0.25, -0.2) is 4.98 Å². The predicted octanol–water partition coefficient (Wildman–Crippen LogP) is 0.963. The molecule has 0 aliphatic carbocycles. The van der Waals surface area contributed by atoms with Crippen molar-refractivity contribution in [2.45, 2.75) is 31.1 Å². The lowest BCUT2D eigenvalue weighted by Gasteiger charge is -2.16. The maximum atomic E-state index is 11.0. The van der Waals surface area contributed by atoms with Gasteiger partial charge in [0.15, 0.2) is 5.16 Å². The zero-order valence-electron chi connectivity index (χ0n) is 9.67. The van der Waals surface area contributed by atoms with E-state index >= 15 is 0 Å². The molecule has 1 aromatic rings. The first-order valence-electron chi connectivity index (χ1n) is 5.09. The van der Waals surface area contributed by atoms with E-state index in [1.54, 1.807) is 6.20 Å². The maximum absolute atomic E-state index is 11.0. The number of nitrogens with one attached hydrogen (secondary N) is 1. The molecule has 0 aliphatic rings. The Morgan fingerprint density at radius 2 is 2.38 bits per heavy atom. The molecule has 0 spiro atoms. The highest BCUT2D eigenvalue weighted by atomic mass is 32.2. The third kappa shape index (κ3) is 3.86. The van der Waals surface area contributed by atoms with Gasteiger partial charge in [-0.15, -0.1) is 0 Å². The van der Waals surface area contributed by atoms with Crippen molar-refractivity contribution in [3.8, 4) is 0 Å². The largest absolute Gasteiger partial charge is 0.480 e. The molecule has 0 saturated carbocycles. The second-order valence-corrected chi connectivity index (χ2v) is 4.83. The highest BCUT2D eigenvalue weighted by molar-refractivity contribution is 7.99. The third-order valence-electron chi connectivity index (χ3n) is 1.99. The van der Waals surface area contributed by atoms with Crippen LogP contribution in [-0.4, -0.2) is 38.5 Å². The fourth-order valence-corrected chi connectivity index (χ4v) is 2.20. The minimum atomic E-state index is -0.824. The van der Waals surface area contributed by atoms with Crippen LogP contribution in [0.1, 0.15) is 13.8 Å². The van der Waals surface area contributed by atoms with Crippen LogP contribution in [-0.2, 0) is 11.8 Å². The molecule has 1 heterocycles. The number of imidazole rings is 1. The molecule has 0 fully saturated rings.